The van der Waals surface area contributed by atoms with Crippen molar-refractivity contribution in [3.63, 3.8) is 0 Å². The van der Waals surface area contributed by atoms with E-state index in [4.69, 9.17) is 21.1 Å². The quantitative estimate of drug-likeness (QED) is 0.736. The van der Waals surface area contributed by atoms with Gasteiger partial charge in [-0.2, -0.15) is 0 Å². The van der Waals surface area contributed by atoms with Gasteiger partial charge in [-0.15, -0.1) is 11.6 Å². The summed E-state index contributed by atoms with van der Waals surface area (Å²) in [5.41, 5.74) is 0.672. The third kappa shape index (κ3) is 3.61. The largest absolute Gasteiger partial charge is 0.490 e. The minimum absolute atomic E-state index is 0.237. The summed E-state index contributed by atoms with van der Waals surface area (Å²) >= 11 is 5.71. The number of ether oxygens (including phenoxy) is 2. The van der Waals surface area contributed by atoms with Crippen molar-refractivity contribution in [1.29, 1.82) is 0 Å². The SMILES string of the molecule is CCOc1ccccc1Oc1cc(F)cc(CCl)c1. The Morgan fingerprint density at radius 1 is 1.11 bits per heavy atom. The summed E-state index contributed by atoms with van der Waals surface area (Å²) in [6.07, 6.45) is 0. The summed E-state index contributed by atoms with van der Waals surface area (Å²) in [7, 11) is 0. The Hall–Kier alpha value is -1.74. The van der Waals surface area contributed by atoms with Gasteiger partial charge >= 0.3 is 0 Å². The highest BCUT2D eigenvalue weighted by Gasteiger charge is 2.07. The third-order valence-electron chi connectivity index (χ3n) is 2.46. The number of para-hydroxylation sites is 2. The molecule has 0 spiro atoms. The predicted molar refractivity (Wildman–Crippen MR) is 73.6 cm³/mol. The molecular weight excluding hydrogens is 267 g/mol. The van der Waals surface area contributed by atoms with Gasteiger partial charge in [0.1, 0.15) is 11.6 Å². The Morgan fingerprint density at radius 3 is 2.53 bits per heavy atom. The van der Waals surface area contributed by atoms with Gasteiger partial charge in [-0.25, -0.2) is 4.39 Å². The molecule has 2 nitrogen and oxygen atoms in total. The van der Waals surface area contributed by atoms with Crippen molar-refractivity contribution in [2.75, 3.05) is 6.61 Å². The summed E-state index contributed by atoms with van der Waals surface area (Å²) in [5.74, 6) is 1.45. The van der Waals surface area contributed by atoms with E-state index in [-0.39, 0.29) is 11.7 Å². The Kier molecular flexibility index (Phi) is 4.63. The fourth-order valence-electron chi connectivity index (χ4n) is 1.69. The van der Waals surface area contributed by atoms with E-state index in [1.807, 2.05) is 19.1 Å². The average molecular weight is 281 g/mol. The molecule has 0 unspecified atom stereocenters. The monoisotopic (exact) mass is 280 g/mol. The molecule has 0 heterocycles. The van der Waals surface area contributed by atoms with Gasteiger partial charge in [-0.3, -0.25) is 0 Å². The van der Waals surface area contributed by atoms with Gasteiger partial charge < -0.3 is 9.47 Å². The zero-order valence-corrected chi connectivity index (χ0v) is 11.3. The Morgan fingerprint density at radius 2 is 1.84 bits per heavy atom. The summed E-state index contributed by atoms with van der Waals surface area (Å²) in [4.78, 5) is 0. The first kappa shape index (κ1) is 13.7. The molecule has 0 N–H and O–H groups in total. The van der Waals surface area contributed by atoms with Gasteiger partial charge in [0.05, 0.1) is 6.61 Å². The topological polar surface area (TPSA) is 18.5 Å². The lowest BCUT2D eigenvalue weighted by molar-refractivity contribution is 0.321. The lowest BCUT2D eigenvalue weighted by atomic mass is 10.2. The highest BCUT2D eigenvalue weighted by atomic mass is 35.5. The van der Waals surface area contributed by atoms with E-state index in [9.17, 15) is 4.39 Å². The molecule has 0 saturated heterocycles. The molecule has 19 heavy (non-hydrogen) atoms. The van der Waals surface area contributed by atoms with Gasteiger partial charge in [-0.1, -0.05) is 12.1 Å². The molecule has 4 heteroatoms. The molecule has 2 aromatic rings. The van der Waals surface area contributed by atoms with Crippen LogP contribution in [-0.4, -0.2) is 6.61 Å². The minimum atomic E-state index is -0.373. The molecule has 0 radical (unpaired) electrons. The van der Waals surface area contributed by atoms with Crippen molar-refractivity contribution in [2.24, 2.45) is 0 Å². The van der Waals surface area contributed by atoms with Crippen molar-refractivity contribution in [1.82, 2.24) is 0 Å². The van der Waals surface area contributed by atoms with Crippen LogP contribution in [0.1, 0.15) is 12.5 Å². The highest BCUT2D eigenvalue weighted by Crippen LogP contribution is 2.32. The van der Waals surface area contributed by atoms with Gasteiger partial charge in [0.15, 0.2) is 11.5 Å². The van der Waals surface area contributed by atoms with Crippen LogP contribution in [0, 0.1) is 5.82 Å². The molecule has 0 aliphatic carbocycles. The van der Waals surface area contributed by atoms with E-state index in [0.29, 0.717) is 29.4 Å². The molecule has 0 saturated carbocycles. The van der Waals surface area contributed by atoms with Crippen molar-refractivity contribution in [2.45, 2.75) is 12.8 Å². The molecule has 0 aromatic heterocycles. The van der Waals surface area contributed by atoms with Crippen LogP contribution in [0.3, 0.4) is 0 Å². The number of benzene rings is 2. The van der Waals surface area contributed by atoms with Crippen LogP contribution in [0.4, 0.5) is 4.39 Å². The molecule has 2 rings (SSSR count). The number of rotatable bonds is 5. The Balaban J connectivity index is 2.28. The van der Waals surface area contributed by atoms with E-state index in [0.717, 1.165) is 0 Å². The first-order valence-electron chi connectivity index (χ1n) is 5.98. The summed E-state index contributed by atoms with van der Waals surface area (Å²) < 4.78 is 24.5. The molecule has 0 aliphatic rings. The van der Waals surface area contributed by atoms with Crippen molar-refractivity contribution in [3.8, 4) is 17.2 Å². The van der Waals surface area contributed by atoms with Crippen LogP contribution in [0.5, 0.6) is 17.2 Å². The van der Waals surface area contributed by atoms with Gasteiger partial charge in [0, 0.05) is 11.9 Å². The second-order valence-electron chi connectivity index (χ2n) is 3.91. The molecule has 0 fully saturated rings. The Labute approximate surface area is 116 Å². The van der Waals surface area contributed by atoms with Crippen LogP contribution in [0.15, 0.2) is 42.5 Å². The highest BCUT2D eigenvalue weighted by molar-refractivity contribution is 6.17. The first-order valence-corrected chi connectivity index (χ1v) is 6.51. The zero-order chi connectivity index (χ0) is 13.7. The number of hydrogen-bond acceptors (Lipinski definition) is 2. The van der Waals surface area contributed by atoms with Crippen molar-refractivity contribution in [3.05, 3.63) is 53.8 Å². The molecule has 0 atom stereocenters. The van der Waals surface area contributed by atoms with Crippen LogP contribution >= 0.6 is 11.6 Å². The van der Waals surface area contributed by atoms with Crippen molar-refractivity contribution < 1.29 is 13.9 Å². The van der Waals surface area contributed by atoms with E-state index in [2.05, 4.69) is 0 Å². The zero-order valence-electron chi connectivity index (χ0n) is 10.5. The summed E-state index contributed by atoms with van der Waals surface area (Å²) in [5, 5.41) is 0. The van der Waals surface area contributed by atoms with Gasteiger partial charge in [0.2, 0.25) is 0 Å². The molecular formula is C15H14ClFO2. The lowest BCUT2D eigenvalue weighted by Gasteiger charge is -2.11. The normalized spacial score (nSPS) is 10.3. The van der Waals surface area contributed by atoms with Crippen molar-refractivity contribution >= 4 is 11.6 Å². The maximum atomic E-state index is 13.4. The van der Waals surface area contributed by atoms with Gasteiger partial charge in [0.25, 0.3) is 0 Å². The molecule has 0 bridgehead atoms. The summed E-state index contributed by atoms with van der Waals surface area (Å²) in [6.45, 7) is 2.43. The van der Waals surface area contributed by atoms with Crippen LogP contribution in [-0.2, 0) is 5.88 Å². The summed E-state index contributed by atoms with van der Waals surface area (Å²) in [6, 6.07) is 11.7. The fraction of sp³-hybridized carbons (Fsp3) is 0.200. The predicted octanol–water partition coefficient (Wildman–Crippen LogP) is 4.76. The maximum absolute atomic E-state index is 13.4. The number of alkyl halides is 1. The second-order valence-corrected chi connectivity index (χ2v) is 4.18. The smallest absolute Gasteiger partial charge is 0.169 e. The molecule has 2 aromatic carbocycles. The van der Waals surface area contributed by atoms with Gasteiger partial charge in [-0.05, 0) is 36.8 Å². The molecule has 0 amide bonds. The number of halogens is 2. The minimum Gasteiger partial charge on any atom is -0.490 e. The van der Waals surface area contributed by atoms with E-state index >= 15 is 0 Å². The van der Waals surface area contributed by atoms with E-state index in [1.54, 1.807) is 18.2 Å². The average Bonchev–Trinajstić information content (AvgIpc) is 2.40. The Bertz CT molecular complexity index is 558. The number of hydrogen-bond donors (Lipinski definition) is 0. The first-order chi connectivity index (χ1) is 9.22. The standard InChI is InChI=1S/C15H14ClFO2/c1-2-18-14-5-3-4-6-15(14)19-13-8-11(10-16)7-12(17)9-13/h3-9H,2,10H2,1H3. The van der Waals surface area contributed by atoms with Crippen LogP contribution in [0.25, 0.3) is 0 Å². The lowest BCUT2D eigenvalue weighted by Crippen LogP contribution is -1.95. The van der Waals surface area contributed by atoms with E-state index in [1.165, 1.54) is 12.1 Å². The maximum Gasteiger partial charge on any atom is 0.169 e. The fourth-order valence-corrected chi connectivity index (χ4v) is 1.85. The van der Waals surface area contributed by atoms with Crippen LogP contribution < -0.4 is 9.47 Å². The molecule has 100 valence electrons. The van der Waals surface area contributed by atoms with E-state index < -0.39 is 0 Å². The third-order valence-corrected chi connectivity index (χ3v) is 2.77. The van der Waals surface area contributed by atoms with Crippen LogP contribution in [0.2, 0.25) is 0 Å². The second kappa shape index (κ2) is 6.43. The molecule has 0 aliphatic heterocycles.